The fourth-order valence-electron chi connectivity index (χ4n) is 3.25. The summed E-state index contributed by atoms with van der Waals surface area (Å²) in [6.07, 6.45) is 3.87. The minimum absolute atomic E-state index is 0.0872. The number of benzene rings is 1. The Hall–Kier alpha value is -2.37. The largest absolute Gasteiger partial charge is 0.339 e. The van der Waals surface area contributed by atoms with Crippen LogP contribution in [-0.2, 0) is 9.59 Å². The SMILES string of the molecule is CCC(CC)N1CC(C(=O)Nc2ccc3[nH]ncc3c2)CC1=O. The molecule has 1 aliphatic rings. The molecule has 1 aromatic heterocycles. The van der Waals surface area contributed by atoms with Crippen molar-refractivity contribution in [2.75, 3.05) is 11.9 Å². The molecular weight excluding hydrogens is 292 g/mol. The molecule has 2 heterocycles. The first kappa shape index (κ1) is 15.5. The molecule has 0 aliphatic carbocycles. The summed E-state index contributed by atoms with van der Waals surface area (Å²) in [4.78, 5) is 26.5. The van der Waals surface area contributed by atoms with E-state index in [2.05, 4.69) is 29.4 Å². The maximum atomic E-state index is 12.5. The number of nitrogens with zero attached hydrogens (tertiary/aromatic N) is 2. The summed E-state index contributed by atoms with van der Waals surface area (Å²) in [6.45, 7) is 4.68. The summed E-state index contributed by atoms with van der Waals surface area (Å²) in [5.74, 6) is -0.276. The molecule has 1 fully saturated rings. The maximum Gasteiger partial charge on any atom is 0.229 e. The molecule has 2 amide bonds. The van der Waals surface area contributed by atoms with Gasteiger partial charge in [0.15, 0.2) is 0 Å². The van der Waals surface area contributed by atoms with Crippen LogP contribution in [0.15, 0.2) is 24.4 Å². The van der Waals surface area contributed by atoms with E-state index in [1.807, 2.05) is 23.1 Å². The fourth-order valence-corrected chi connectivity index (χ4v) is 3.25. The summed E-state index contributed by atoms with van der Waals surface area (Å²) in [6, 6.07) is 5.84. The van der Waals surface area contributed by atoms with Crippen molar-refractivity contribution >= 4 is 28.4 Å². The smallest absolute Gasteiger partial charge is 0.229 e. The maximum absolute atomic E-state index is 12.5. The quantitative estimate of drug-likeness (QED) is 0.890. The molecule has 1 unspecified atom stereocenters. The van der Waals surface area contributed by atoms with Crippen molar-refractivity contribution < 1.29 is 9.59 Å². The Morgan fingerprint density at radius 2 is 2.22 bits per heavy atom. The van der Waals surface area contributed by atoms with Crippen molar-refractivity contribution in [1.82, 2.24) is 15.1 Å². The Kier molecular flexibility index (Phi) is 4.32. The van der Waals surface area contributed by atoms with Gasteiger partial charge in [0.05, 0.1) is 17.6 Å². The van der Waals surface area contributed by atoms with Crippen molar-refractivity contribution in [2.45, 2.75) is 39.2 Å². The number of rotatable bonds is 5. The van der Waals surface area contributed by atoms with Crippen LogP contribution in [-0.4, -0.2) is 39.5 Å². The van der Waals surface area contributed by atoms with Crippen LogP contribution < -0.4 is 5.32 Å². The second-order valence-electron chi connectivity index (χ2n) is 6.08. The van der Waals surface area contributed by atoms with Gasteiger partial charge in [-0.05, 0) is 31.0 Å². The second kappa shape index (κ2) is 6.40. The minimum atomic E-state index is -0.275. The summed E-state index contributed by atoms with van der Waals surface area (Å²) in [5, 5.41) is 10.7. The number of amides is 2. The molecule has 6 nitrogen and oxygen atoms in total. The monoisotopic (exact) mass is 314 g/mol. The highest BCUT2D eigenvalue weighted by Gasteiger charge is 2.36. The molecule has 0 bridgehead atoms. The Bertz CT molecular complexity index is 720. The van der Waals surface area contributed by atoms with E-state index in [0.29, 0.717) is 13.0 Å². The number of H-pyrrole nitrogens is 1. The van der Waals surface area contributed by atoms with Gasteiger partial charge < -0.3 is 10.2 Å². The molecule has 1 atom stereocenters. The van der Waals surface area contributed by atoms with Crippen molar-refractivity contribution in [2.24, 2.45) is 5.92 Å². The van der Waals surface area contributed by atoms with Gasteiger partial charge in [-0.2, -0.15) is 5.10 Å². The molecule has 0 radical (unpaired) electrons. The van der Waals surface area contributed by atoms with E-state index in [0.717, 1.165) is 29.4 Å². The highest BCUT2D eigenvalue weighted by Crippen LogP contribution is 2.25. The minimum Gasteiger partial charge on any atom is -0.339 e. The lowest BCUT2D eigenvalue weighted by Gasteiger charge is -2.26. The third kappa shape index (κ3) is 3.06. The van der Waals surface area contributed by atoms with Crippen LogP contribution in [0.4, 0.5) is 5.69 Å². The lowest BCUT2D eigenvalue weighted by molar-refractivity contribution is -0.130. The van der Waals surface area contributed by atoms with Crippen LogP contribution in [0.2, 0.25) is 0 Å². The summed E-state index contributed by atoms with van der Waals surface area (Å²) in [7, 11) is 0. The highest BCUT2D eigenvalue weighted by molar-refractivity contribution is 5.98. The van der Waals surface area contributed by atoms with Gasteiger partial charge in [-0.1, -0.05) is 13.8 Å². The molecule has 0 saturated carbocycles. The molecular formula is C17H22N4O2. The molecule has 3 rings (SSSR count). The number of carbonyl (C=O) groups excluding carboxylic acids is 2. The zero-order chi connectivity index (χ0) is 16.4. The van der Waals surface area contributed by atoms with Gasteiger partial charge in [0, 0.05) is 30.1 Å². The van der Waals surface area contributed by atoms with Crippen LogP contribution in [0.1, 0.15) is 33.1 Å². The highest BCUT2D eigenvalue weighted by atomic mass is 16.2. The van der Waals surface area contributed by atoms with Crippen LogP contribution in [0.3, 0.4) is 0 Å². The first-order valence-electron chi connectivity index (χ1n) is 8.15. The Morgan fingerprint density at radius 3 is 2.96 bits per heavy atom. The molecule has 1 aliphatic heterocycles. The third-order valence-electron chi connectivity index (χ3n) is 4.62. The number of fused-ring (bicyclic) bond motifs is 1. The summed E-state index contributed by atoms with van der Waals surface area (Å²) < 4.78 is 0. The number of likely N-dealkylation sites (tertiary alicyclic amines) is 1. The standard InChI is InChI=1S/C17H22N4O2/c1-3-14(4-2)21-10-12(8-16(21)22)17(23)19-13-5-6-15-11(7-13)9-18-20-15/h5-7,9,12,14H,3-4,8,10H2,1-2H3,(H,18,20)(H,19,23). The molecule has 1 saturated heterocycles. The Labute approximate surface area is 135 Å². The average Bonchev–Trinajstić information content (AvgIpc) is 3.15. The lowest BCUT2D eigenvalue weighted by atomic mass is 10.1. The number of anilines is 1. The molecule has 1 aromatic carbocycles. The second-order valence-corrected chi connectivity index (χ2v) is 6.08. The fraction of sp³-hybridized carbons (Fsp3) is 0.471. The summed E-state index contributed by atoms with van der Waals surface area (Å²) >= 11 is 0. The number of aromatic amines is 1. The van der Waals surface area contributed by atoms with Crippen molar-refractivity contribution in [3.63, 3.8) is 0 Å². The van der Waals surface area contributed by atoms with Gasteiger partial charge in [-0.3, -0.25) is 14.7 Å². The summed E-state index contributed by atoms with van der Waals surface area (Å²) in [5.41, 5.74) is 1.66. The molecule has 0 spiro atoms. The van der Waals surface area contributed by atoms with E-state index in [1.54, 1.807) is 6.20 Å². The van der Waals surface area contributed by atoms with Gasteiger partial charge in [0.25, 0.3) is 0 Å². The number of hydrogen-bond donors (Lipinski definition) is 2. The number of hydrogen-bond acceptors (Lipinski definition) is 3. The van der Waals surface area contributed by atoms with Gasteiger partial charge in [0.2, 0.25) is 11.8 Å². The first-order valence-corrected chi connectivity index (χ1v) is 8.15. The average molecular weight is 314 g/mol. The van der Waals surface area contributed by atoms with E-state index >= 15 is 0 Å². The van der Waals surface area contributed by atoms with Gasteiger partial charge >= 0.3 is 0 Å². The van der Waals surface area contributed by atoms with Crippen LogP contribution in [0, 0.1) is 5.92 Å². The number of carbonyl (C=O) groups is 2. The lowest BCUT2D eigenvalue weighted by Crippen LogP contribution is -2.36. The molecule has 2 N–H and O–H groups in total. The zero-order valence-corrected chi connectivity index (χ0v) is 13.5. The number of nitrogens with one attached hydrogen (secondary N) is 2. The third-order valence-corrected chi connectivity index (χ3v) is 4.62. The first-order chi connectivity index (χ1) is 11.1. The van der Waals surface area contributed by atoms with Crippen LogP contribution in [0.25, 0.3) is 10.9 Å². The van der Waals surface area contributed by atoms with E-state index in [9.17, 15) is 9.59 Å². The normalized spacial score (nSPS) is 18.1. The van der Waals surface area contributed by atoms with E-state index in [4.69, 9.17) is 0 Å². The van der Waals surface area contributed by atoms with Gasteiger partial charge in [-0.25, -0.2) is 0 Å². The topological polar surface area (TPSA) is 78.1 Å². The van der Waals surface area contributed by atoms with Crippen LogP contribution in [0.5, 0.6) is 0 Å². The molecule has 2 aromatic rings. The van der Waals surface area contributed by atoms with Gasteiger partial charge in [0.1, 0.15) is 0 Å². The van der Waals surface area contributed by atoms with Crippen molar-refractivity contribution in [1.29, 1.82) is 0 Å². The van der Waals surface area contributed by atoms with E-state index in [1.165, 1.54) is 0 Å². The Balaban J connectivity index is 1.67. The van der Waals surface area contributed by atoms with Crippen molar-refractivity contribution in [3.8, 4) is 0 Å². The van der Waals surface area contributed by atoms with Crippen molar-refractivity contribution in [3.05, 3.63) is 24.4 Å². The predicted octanol–water partition coefficient (Wildman–Crippen LogP) is 2.54. The van der Waals surface area contributed by atoms with Gasteiger partial charge in [-0.15, -0.1) is 0 Å². The molecule has 122 valence electrons. The molecule has 23 heavy (non-hydrogen) atoms. The van der Waals surface area contributed by atoms with E-state index < -0.39 is 0 Å². The zero-order valence-electron chi connectivity index (χ0n) is 13.5. The predicted molar refractivity (Wildman–Crippen MR) is 88.9 cm³/mol. The van der Waals surface area contributed by atoms with Crippen LogP contribution >= 0.6 is 0 Å². The Morgan fingerprint density at radius 1 is 1.43 bits per heavy atom. The number of aromatic nitrogens is 2. The van der Waals surface area contributed by atoms with E-state index in [-0.39, 0.29) is 23.8 Å². The molecule has 6 heteroatoms.